The number of aryl methyl sites for hydroxylation is 1. The van der Waals surface area contributed by atoms with Gasteiger partial charge in [0.05, 0.1) is 10.6 Å². The number of nitrogens with one attached hydrogen (secondary N) is 1. The minimum Gasteiger partial charge on any atom is -0.325 e. The van der Waals surface area contributed by atoms with Crippen molar-refractivity contribution in [3.8, 4) is 0 Å². The summed E-state index contributed by atoms with van der Waals surface area (Å²) in [5.41, 5.74) is 2.91. The Morgan fingerprint density at radius 2 is 1.78 bits per heavy atom. The molecule has 0 saturated heterocycles. The predicted molar refractivity (Wildman–Crippen MR) is 113 cm³/mol. The molecule has 0 fully saturated rings. The molecule has 1 amide bonds. The van der Waals surface area contributed by atoms with Crippen LogP contribution in [0.25, 0.3) is 0 Å². The van der Waals surface area contributed by atoms with Gasteiger partial charge in [-0.2, -0.15) is 4.31 Å². The van der Waals surface area contributed by atoms with Gasteiger partial charge in [-0.05, 0) is 36.2 Å². The van der Waals surface area contributed by atoms with Gasteiger partial charge < -0.3 is 5.32 Å². The summed E-state index contributed by atoms with van der Waals surface area (Å²) >= 11 is 1.53. The topological polar surface area (TPSA) is 66.5 Å². The van der Waals surface area contributed by atoms with Crippen molar-refractivity contribution in [1.29, 1.82) is 0 Å². The first-order valence-corrected chi connectivity index (χ1v) is 11.5. The van der Waals surface area contributed by atoms with Crippen molar-refractivity contribution >= 4 is 33.4 Å². The van der Waals surface area contributed by atoms with Crippen LogP contribution in [0.2, 0.25) is 0 Å². The summed E-state index contributed by atoms with van der Waals surface area (Å²) in [7, 11) is -3.54. The maximum atomic E-state index is 12.6. The monoisotopic (exact) mass is 406 g/mol. The Morgan fingerprint density at radius 3 is 2.44 bits per heavy atom. The molecule has 0 aliphatic rings. The lowest BCUT2D eigenvalue weighted by atomic mass is 10.1. The molecule has 2 rings (SSSR count). The summed E-state index contributed by atoms with van der Waals surface area (Å²) in [6.45, 7) is 6.48. The summed E-state index contributed by atoms with van der Waals surface area (Å²) < 4.78 is 26.6. The molecule has 0 radical (unpaired) electrons. The van der Waals surface area contributed by atoms with Crippen molar-refractivity contribution in [3.63, 3.8) is 0 Å². The van der Waals surface area contributed by atoms with Gasteiger partial charge in [0.2, 0.25) is 15.9 Å². The molecule has 146 valence electrons. The Morgan fingerprint density at radius 1 is 1.07 bits per heavy atom. The number of carbonyl (C=O) groups excluding carboxylic acids is 1. The lowest BCUT2D eigenvalue weighted by molar-refractivity contribution is -0.113. The van der Waals surface area contributed by atoms with Crippen LogP contribution in [0, 0.1) is 6.92 Å². The summed E-state index contributed by atoms with van der Waals surface area (Å²) in [5.74, 6) is 0.920. The highest BCUT2D eigenvalue weighted by molar-refractivity contribution is 7.99. The number of hydrogen-bond acceptors (Lipinski definition) is 4. The van der Waals surface area contributed by atoms with Crippen molar-refractivity contribution in [3.05, 3.63) is 59.7 Å². The molecule has 0 bridgehead atoms. The van der Waals surface area contributed by atoms with E-state index in [-0.39, 0.29) is 10.8 Å². The minimum absolute atomic E-state index is 0.147. The zero-order valence-electron chi connectivity index (χ0n) is 15.9. The van der Waals surface area contributed by atoms with Crippen LogP contribution in [0.3, 0.4) is 0 Å². The normalized spacial score (nSPS) is 11.6. The number of sulfonamides is 1. The van der Waals surface area contributed by atoms with E-state index in [9.17, 15) is 13.2 Å². The highest BCUT2D eigenvalue weighted by Gasteiger charge is 2.21. The van der Waals surface area contributed by atoms with E-state index in [2.05, 4.69) is 24.4 Å². The third-order valence-corrected chi connectivity index (χ3v) is 7.24. The van der Waals surface area contributed by atoms with Gasteiger partial charge in [-0.1, -0.05) is 44.2 Å². The third kappa shape index (κ3) is 5.82. The van der Waals surface area contributed by atoms with Crippen molar-refractivity contribution in [1.82, 2.24) is 4.31 Å². The molecule has 0 aliphatic carbocycles. The molecule has 0 heterocycles. The largest absolute Gasteiger partial charge is 0.325 e. The highest BCUT2D eigenvalue weighted by atomic mass is 32.2. The van der Waals surface area contributed by atoms with Gasteiger partial charge >= 0.3 is 0 Å². The lowest BCUT2D eigenvalue weighted by Gasteiger charge is -2.18. The van der Waals surface area contributed by atoms with Crippen LogP contribution >= 0.6 is 11.8 Å². The van der Waals surface area contributed by atoms with Crippen molar-refractivity contribution < 1.29 is 13.2 Å². The SMILES string of the molecule is CCN(CC)S(=O)(=O)c1cccc(NC(=O)CSCc2ccccc2C)c1. The molecule has 27 heavy (non-hydrogen) atoms. The second-order valence-electron chi connectivity index (χ2n) is 6.08. The standard InChI is InChI=1S/C20H26N2O3S2/c1-4-22(5-2)27(24,25)19-12-8-11-18(13-19)21-20(23)15-26-14-17-10-7-6-9-16(17)3/h6-13H,4-5,14-15H2,1-3H3,(H,21,23). The predicted octanol–water partition coefficient (Wildman–Crippen LogP) is 3.90. The zero-order valence-corrected chi connectivity index (χ0v) is 17.6. The van der Waals surface area contributed by atoms with E-state index in [0.717, 1.165) is 5.75 Å². The molecule has 0 unspecified atom stereocenters. The number of nitrogens with zero attached hydrogens (tertiary/aromatic N) is 1. The summed E-state index contributed by atoms with van der Waals surface area (Å²) in [4.78, 5) is 12.4. The molecule has 5 nitrogen and oxygen atoms in total. The summed E-state index contributed by atoms with van der Waals surface area (Å²) in [6.07, 6.45) is 0. The number of anilines is 1. The first kappa shape index (κ1) is 21.5. The maximum Gasteiger partial charge on any atom is 0.243 e. The summed E-state index contributed by atoms with van der Waals surface area (Å²) in [5, 5.41) is 2.79. The first-order chi connectivity index (χ1) is 12.9. The lowest BCUT2D eigenvalue weighted by Crippen LogP contribution is -2.30. The minimum atomic E-state index is -3.54. The number of rotatable bonds is 9. The molecule has 2 aromatic rings. The van der Waals surface area contributed by atoms with Crippen LogP contribution in [-0.4, -0.2) is 37.5 Å². The maximum absolute atomic E-state index is 12.6. The fourth-order valence-electron chi connectivity index (χ4n) is 2.67. The average Bonchev–Trinajstić information content (AvgIpc) is 2.64. The molecular formula is C20H26N2O3S2. The van der Waals surface area contributed by atoms with Crippen LogP contribution < -0.4 is 5.32 Å². The Labute approximate surface area is 166 Å². The number of benzene rings is 2. The van der Waals surface area contributed by atoms with E-state index in [0.29, 0.717) is 24.5 Å². The van der Waals surface area contributed by atoms with Crippen LogP contribution in [0.4, 0.5) is 5.69 Å². The Hall–Kier alpha value is -1.83. The Kier molecular flexibility index (Phi) is 7.89. The quantitative estimate of drug-likeness (QED) is 0.686. The second-order valence-corrected chi connectivity index (χ2v) is 9.01. The van der Waals surface area contributed by atoms with Crippen LogP contribution in [0.15, 0.2) is 53.4 Å². The first-order valence-electron chi connectivity index (χ1n) is 8.90. The van der Waals surface area contributed by atoms with Crippen LogP contribution in [0.5, 0.6) is 0 Å². The highest BCUT2D eigenvalue weighted by Crippen LogP contribution is 2.20. The molecule has 2 aromatic carbocycles. The molecule has 0 atom stereocenters. The van der Waals surface area contributed by atoms with Gasteiger partial charge in [-0.3, -0.25) is 4.79 Å². The third-order valence-electron chi connectivity index (χ3n) is 4.21. The van der Waals surface area contributed by atoms with E-state index in [1.165, 1.54) is 33.3 Å². The van der Waals surface area contributed by atoms with Crippen LogP contribution in [-0.2, 0) is 20.6 Å². The van der Waals surface area contributed by atoms with E-state index in [4.69, 9.17) is 0 Å². The second kappa shape index (κ2) is 9.92. The Bertz CT molecular complexity index is 878. The number of carbonyl (C=O) groups is 1. The molecule has 1 N–H and O–H groups in total. The van der Waals surface area contributed by atoms with E-state index < -0.39 is 10.0 Å². The van der Waals surface area contributed by atoms with E-state index in [1.54, 1.807) is 32.0 Å². The molecule has 0 aliphatic heterocycles. The van der Waals surface area contributed by atoms with Gasteiger partial charge in [0, 0.05) is 24.5 Å². The number of hydrogen-bond donors (Lipinski definition) is 1. The number of amides is 1. The molecule has 0 aromatic heterocycles. The fourth-order valence-corrected chi connectivity index (χ4v) is 5.08. The van der Waals surface area contributed by atoms with Gasteiger partial charge in [-0.15, -0.1) is 11.8 Å². The molecule has 0 saturated carbocycles. The fraction of sp³-hybridized carbons (Fsp3) is 0.350. The van der Waals surface area contributed by atoms with Gasteiger partial charge in [0.15, 0.2) is 0 Å². The molecular weight excluding hydrogens is 380 g/mol. The van der Waals surface area contributed by atoms with Crippen molar-refractivity contribution in [2.24, 2.45) is 0 Å². The molecule has 0 spiro atoms. The van der Waals surface area contributed by atoms with Crippen molar-refractivity contribution in [2.45, 2.75) is 31.4 Å². The average molecular weight is 407 g/mol. The van der Waals surface area contributed by atoms with Gasteiger partial charge in [-0.25, -0.2) is 8.42 Å². The smallest absolute Gasteiger partial charge is 0.243 e. The van der Waals surface area contributed by atoms with Crippen molar-refractivity contribution in [2.75, 3.05) is 24.2 Å². The van der Waals surface area contributed by atoms with Gasteiger partial charge in [0.25, 0.3) is 0 Å². The van der Waals surface area contributed by atoms with E-state index in [1.807, 2.05) is 12.1 Å². The molecule has 7 heteroatoms. The number of thioether (sulfide) groups is 1. The van der Waals surface area contributed by atoms with E-state index >= 15 is 0 Å². The zero-order chi connectivity index (χ0) is 19.9. The van der Waals surface area contributed by atoms with Gasteiger partial charge in [0.1, 0.15) is 0 Å². The summed E-state index contributed by atoms with van der Waals surface area (Å²) in [6, 6.07) is 14.5. The Balaban J connectivity index is 1.97. The van der Waals surface area contributed by atoms with Crippen LogP contribution in [0.1, 0.15) is 25.0 Å².